The average molecular weight is 464 g/mol. The first kappa shape index (κ1) is 24.2. The number of benzene rings is 2. The predicted molar refractivity (Wildman–Crippen MR) is 123 cm³/mol. The van der Waals surface area contributed by atoms with E-state index < -0.39 is 21.8 Å². The minimum atomic E-state index is -3.65. The minimum absolute atomic E-state index is 0.0758. The van der Waals surface area contributed by atoms with E-state index >= 15 is 0 Å². The van der Waals surface area contributed by atoms with Crippen molar-refractivity contribution in [2.24, 2.45) is 0 Å². The molecule has 2 aromatic rings. The van der Waals surface area contributed by atoms with E-state index in [-0.39, 0.29) is 23.4 Å². The highest BCUT2D eigenvalue weighted by Crippen LogP contribution is 2.24. The maximum absolute atomic E-state index is 14.6. The van der Waals surface area contributed by atoms with E-state index in [1.807, 2.05) is 12.1 Å². The van der Waals surface area contributed by atoms with Gasteiger partial charge in [0.1, 0.15) is 5.82 Å². The number of methoxy groups -OCH3 is 1. The zero-order valence-corrected chi connectivity index (χ0v) is 19.6. The summed E-state index contributed by atoms with van der Waals surface area (Å²) in [5.41, 5.74) is 1.83. The number of esters is 1. The average Bonchev–Trinajstić information content (AvgIpc) is 2.79. The summed E-state index contributed by atoms with van der Waals surface area (Å²) in [5, 5.41) is 0. The lowest BCUT2D eigenvalue weighted by Crippen LogP contribution is -2.43. The van der Waals surface area contributed by atoms with Crippen molar-refractivity contribution in [1.29, 1.82) is 0 Å². The van der Waals surface area contributed by atoms with Crippen LogP contribution >= 0.6 is 0 Å². The number of hydrogen-bond donors (Lipinski definition) is 0. The number of ether oxygens (including phenoxy) is 1. The lowest BCUT2D eigenvalue weighted by Gasteiger charge is -2.32. The zero-order valence-electron chi connectivity index (χ0n) is 18.8. The van der Waals surface area contributed by atoms with Gasteiger partial charge in [0.25, 0.3) is 0 Å². The monoisotopic (exact) mass is 463 g/mol. The van der Waals surface area contributed by atoms with Gasteiger partial charge in [-0.25, -0.2) is 17.6 Å². The lowest BCUT2D eigenvalue weighted by molar-refractivity contribution is 0.0600. The number of hydrogen-bond acceptors (Lipinski definition) is 6. The molecule has 1 aliphatic heterocycles. The fourth-order valence-electron chi connectivity index (χ4n) is 3.61. The molecule has 174 valence electrons. The summed E-state index contributed by atoms with van der Waals surface area (Å²) in [6.07, 6.45) is 0. The standard InChI is InChI=1S/C23H30FN3O4S/c1-4-32(29,30)27(17-20-8-7-19(15-22(20)24)23(28)31-3)21-9-5-18(6-10-21)16-26-13-11-25(2)12-14-26/h5-10,15H,4,11-14,16-17H2,1-3H3. The van der Waals surface area contributed by atoms with Crippen LogP contribution < -0.4 is 4.31 Å². The predicted octanol–water partition coefficient (Wildman–Crippen LogP) is 2.72. The molecule has 2 aromatic carbocycles. The first-order chi connectivity index (χ1) is 15.2. The summed E-state index contributed by atoms with van der Waals surface area (Å²) in [6.45, 7) is 6.24. The highest BCUT2D eigenvalue weighted by molar-refractivity contribution is 7.92. The molecular formula is C23H30FN3O4S. The SMILES string of the molecule is CCS(=O)(=O)N(Cc1ccc(C(=O)OC)cc1F)c1ccc(CN2CCN(C)CC2)cc1. The zero-order chi connectivity index (χ0) is 23.3. The van der Waals surface area contributed by atoms with Crippen LogP contribution in [0.3, 0.4) is 0 Å². The van der Waals surface area contributed by atoms with E-state index in [1.54, 1.807) is 19.1 Å². The number of halogens is 1. The first-order valence-corrected chi connectivity index (χ1v) is 12.2. The normalized spacial score (nSPS) is 15.5. The third-order valence-electron chi connectivity index (χ3n) is 5.72. The Balaban J connectivity index is 1.80. The van der Waals surface area contributed by atoms with Crippen molar-refractivity contribution in [3.8, 4) is 0 Å². The van der Waals surface area contributed by atoms with Crippen LogP contribution in [-0.4, -0.2) is 70.3 Å². The number of piperazine rings is 1. The van der Waals surface area contributed by atoms with Crippen LogP contribution in [0.1, 0.15) is 28.4 Å². The number of carbonyl (C=O) groups is 1. The van der Waals surface area contributed by atoms with Gasteiger partial charge in [-0.1, -0.05) is 18.2 Å². The van der Waals surface area contributed by atoms with Gasteiger partial charge >= 0.3 is 5.97 Å². The van der Waals surface area contributed by atoms with Gasteiger partial charge in [0.2, 0.25) is 10.0 Å². The molecule has 0 bridgehead atoms. The Morgan fingerprint density at radius 2 is 1.75 bits per heavy atom. The van der Waals surface area contributed by atoms with Crippen molar-refractivity contribution in [2.45, 2.75) is 20.0 Å². The lowest BCUT2D eigenvalue weighted by atomic mass is 10.1. The topological polar surface area (TPSA) is 70.2 Å². The molecule has 1 heterocycles. The minimum Gasteiger partial charge on any atom is -0.465 e. The maximum atomic E-state index is 14.6. The molecule has 1 fully saturated rings. The molecule has 0 spiro atoms. The molecule has 1 saturated heterocycles. The second-order valence-electron chi connectivity index (χ2n) is 7.95. The molecule has 0 amide bonds. The van der Waals surface area contributed by atoms with Gasteiger partial charge < -0.3 is 9.64 Å². The molecule has 0 atom stereocenters. The molecule has 0 unspecified atom stereocenters. The van der Waals surface area contributed by atoms with E-state index in [0.717, 1.165) is 44.4 Å². The maximum Gasteiger partial charge on any atom is 0.337 e. The Morgan fingerprint density at radius 1 is 1.09 bits per heavy atom. The summed E-state index contributed by atoms with van der Waals surface area (Å²) >= 11 is 0. The van der Waals surface area contributed by atoms with E-state index in [9.17, 15) is 17.6 Å². The molecule has 3 rings (SSSR count). The summed E-state index contributed by atoms with van der Waals surface area (Å²) in [6, 6.07) is 11.3. The molecular weight excluding hydrogens is 433 g/mol. The fourth-order valence-corrected chi connectivity index (χ4v) is 4.70. The second-order valence-corrected chi connectivity index (χ2v) is 10.1. The van der Waals surface area contributed by atoms with Crippen molar-refractivity contribution < 1.29 is 22.3 Å². The molecule has 0 aliphatic carbocycles. The van der Waals surface area contributed by atoms with Gasteiger partial charge in [-0.3, -0.25) is 9.21 Å². The van der Waals surface area contributed by atoms with Gasteiger partial charge in [-0.05, 0) is 43.8 Å². The molecule has 0 aromatic heterocycles. The van der Waals surface area contributed by atoms with E-state index in [2.05, 4.69) is 21.6 Å². The summed E-state index contributed by atoms with van der Waals surface area (Å²) in [4.78, 5) is 16.3. The Bertz CT molecular complexity index is 1040. The van der Waals surface area contributed by atoms with Crippen molar-refractivity contribution in [2.75, 3.05) is 50.4 Å². The molecule has 7 nitrogen and oxygen atoms in total. The number of carbonyl (C=O) groups excluding carboxylic acids is 1. The van der Waals surface area contributed by atoms with Gasteiger partial charge in [0.15, 0.2) is 0 Å². The van der Waals surface area contributed by atoms with Crippen LogP contribution in [0.2, 0.25) is 0 Å². The number of rotatable bonds is 8. The van der Waals surface area contributed by atoms with Crippen LogP contribution in [0.4, 0.5) is 10.1 Å². The highest BCUT2D eigenvalue weighted by atomic mass is 32.2. The van der Waals surface area contributed by atoms with E-state index in [0.29, 0.717) is 5.69 Å². The second kappa shape index (κ2) is 10.4. The Labute approximate surface area is 189 Å². The molecule has 1 aliphatic rings. The van der Waals surface area contributed by atoms with Gasteiger partial charge in [-0.15, -0.1) is 0 Å². The third-order valence-corrected chi connectivity index (χ3v) is 7.46. The van der Waals surface area contributed by atoms with Crippen molar-refractivity contribution in [3.05, 3.63) is 65.0 Å². The van der Waals surface area contributed by atoms with Crippen LogP contribution in [-0.2, 0) is 27.8 Å². The van der Waals surface area contributed by atoms with Crippen LogP contribution in [0, 0.1) is 5.82 Å². The van der Waals surface area contributed by atoms with Crippen molar-refractivity contribution in [1.82, 2.24) is 9.80 Å². The van der Waals surface area contributed by atoms with Gasteiger partial charge in [0, 0.05) is 38.3 Å². The number of likely N-dealkylation sites (N-methyl/N-ethyl adjacent to an activating group) is 1. The Morgan fingerprint density at radius 3 is 2.31 bits per heavy atom. The number of nitrogens with zero attached hydrogens (tertiary/aromatic N) is 3. The van der Waals surface area contributed by atoms with E-state index in [1.165, 1.54) is 23.5 Å². The summed E-state index contributed by atoms with van der Waals surface area (Å²) in [5.74, 6) is -1.42. The van der Waals surface area contributed by atoms with Crippen molar-refractivity contribution in [3.63, 3.8) is 0 Å². The quantitative estimate of drug-likeness (QED) is 0.561. The first-order valence-electron chi connectivity index (χ1n) is 10.6. The molecule has 9 heteroatoms. The molecule has 32 heavy (non-hydrogen) atoms. The van der Waals surface area contributed by atoms with Crippen molar-refractivity contribution >= 4 is 21.7 Å². The summed E-state index contributed by atoms with van der Waals surface area (Å²) in [7, 11) is -0.315. The Kier molecular flexibility index (Phi) is 7.86. The fraction of sp³-hybridized carbons (Fsp3) is 0.435. The smallest absolute Gasteiger partial charge is 0.337 e. The van der Waals surface area contributed by atoms with Crippen LogP contribution in [0.5, 0.6) is 0 Å². The molecule has 0 saturated carbocycles. The molecule has 0 N–H and O–H groups in total. The highest BCUT2D eigenvalue weighted by Gasteiger charge is 2.23. The van der Waals surface area contributed by atoms with Gasteiger partial charge in [0.05, 0.1) is 30.7 Å². The Hall–Kier alpha value is -2.49. The van der Waals surface area contributed by atoms with Crippen LogP contribution in [0.25, 0.3) is 0 Å². The number of sulfonamides is 1. The number of anilines is 1. The van der Waals surface area contributed by atoms with E-state index in [4.69, 9.17) is 0 Å². The van der Waals surface area contributed by atoms with Crippen LogP contribution in [0.15, 0.2) is 42.5 Å². The largest absolute Gasteiger partial charge is 0.465 e. The third kappa shape index (κ3) is 5.85. The van der Waals surface area contributed by atoms with Gasteiger partial charge in [-0.2, -0.15) is 0 Å². The molecule has 0 radical (unpaired) electrons. The summed E-state index contributed by atoms with van der Waals surface area (Å²) < 4.78 is 46.0.